The Morgan fingerprint density at radius 3 is 2.71 bits per heavy atom. The average Bonchev–Trinajstić information content (AvgIpc) is 2.90. The number of nitrogens with zero attached hydrogens (tertiary/aromatic N) is 3. The van der Waals surface area contributed by atoms with Crippen LogP contribution < -0.4 is 0 Å². The van der Waals surface area contributed by atoms with Gasteiger partial charge in [0.15, 0.2) is 0 Å². The van der Waals surface area contributed by atoms with Crippen molar-refractivity contribution in [2.45, 2.75) is 58.5 Å². The summed E-state index contributed by atoms with van der Waals surface area (Å²) in [7, 11) is 0. The Kier molecular flexibility index (Phi) is 4.65. The van der Waals surface area contributed by atoms with Crippen LogP contribution in [0.2, 0.25) is 0 Å². The molecule has 1 amide bonds. The topological polar surface area (TPSA) is 75.4 Å². The molecule has 1 fully saturated rings. The Morgan fingerprint density at radius 2 is 2.14 bits per heavy atom. The first-order valence-electron chi connectivity index (χ1n) is 7.57. The Balaban J connectivity index is 2.31. The van der Waals surface area contributed by atoms with Gasteiger partial charge >= 0.3 is 5.97 Å². The number of carbonyl (C=O) groups excluding carboxylic acids is 1. The third-order valence-corrected chi connectivity index (χ3v) is 3.96. The summed E-state index contributed by atoms with van der Waals surface area (Å²) in [5.41, 5.74) is 1.36. The van der Waals surface area contributed by atoms with Gasteiger partial charge in [0.25, 0.3) is 5.91 Å². The quantitative estimate of drug-likeness (QED) is 0.922. The average molecular weight is 293 g/mol. The first kappa shape index (κ1) is 15.5. The van der Waals surface area contributed by atoms with Gasteiger partial charge in [0.1, 0.15) is 11.7 Å². The van der Waals surface area contributed by atoms with E-state index in [-0.39, 0.29) is 11.8 Å². The fourth-order valence-electron chi connectivity index (χ4n) is 2.71. The molecule has 1 atom stereocenters. The minimum atomic E-state index is -0.922. The molecule has 0 spiro atoms. The van der Waals surface area contributed by atoms with Crippen LogP contribution in [-0.2, 0) is 11.3 Å². The monoisotopic (exact) mass is 293 g/mol. The number of likely N-dealkylation sites (tertiary alicyclic amines) is 1. The zero-order chi connectivity index (χ0) is 15.6. The molecule has 6 heteroatoms. The van der Waals surface area contributed by atoms with Crippen molar-refractivity contribution in [3.63, 3.8) is 0 Å². The number of hydrogen-bond acceptors (Lipinski definition) is 3. The Labute approximate surface area is 124 Å². The summed E-state index contributed by atoms with van der Waals surface area (Å²) in [6.07, 6.45) is 2.23. The zero-order valence-corrected chi connectivity index (χ0v) is 12.9. The van der Waals surface area contributed by atoms with E-state index < -0.39 is 12.0 Å². The zero-order valence-electron chi connectivity index (χ0n) is 12.9. The standard InChI is InChI=1S/C15H23N3O3/c1-4-18-13(9-11(16-18)10(2)3)14(19)17-8-6-5-7-12(17)15(20)21/h9-10,12H,4-8H2,1-3H3,(H,20,21)/t12-/m1/s1. The predicted molar refractivity (Wildman–Crippen MR) is 78.3 cm³/mol. The molecule has 0 unspecified atom stereocenters. The molecule has 21 heavy (non-hydrogen) atoms. The van der Waals surface area contributed by atoms with Gasteiger partial charge in [0, 0.05) is 13.1 Å². The first-order valence-corrected chi connectivity index (χ1v) is 7.57. The number of aliphatic carboxylic acids is 1. The highest BCUT2D eigenvalue weighted by Gasteiger charge is 2.34. The SMILES string of the molecule is CCn1nc(C(C)C)cc1C(=O)N1CCCC[C@@H]1C(=O)O. The molecule has 6 nitrogen and oxygen atoms in total. The number of amides is 1. The molecule has 1 saturated heterocycles. The maximum atomic E-state index is 12.7. The normalized spacial score (nSPS) is 19.0. The number of aromatic nitrogens is 2. The van der Waals surface area contributed by atoms with E-state index in [0.717, 1.165) is 18.5 Å². The summed E-state index contributed by atoms with van der Waals surface area (Å²) >= 11 is 0. The minimum absolute atomic E-state index is 0.219. The molecule has 0 bridgehead atoms. The van der Waals surface area contributed by atoms with Crippen LogP contribution in [0.15, 0.2) is 6.07 Å². The molecule has 116 valence electrons. The van der Waals surface area contributed by atoms with E-state index >= 15 is 0 Å². The Morgan fingerprint density at radius 1 is 1.43 bits per heavy atom. The third-order valence-electron chi connectivity index (χ3n) is 3.96. The third kappa shape index (κ3) is 3.09. The van der Waals surface area contributed by atoms with Crippen molar-refractivity contribution in [1.82, 2.24) is 14.7 Å². The maximum Gasteiger partial charge on any atom is 0.326 e. The second-order valence-electron chi connectivity index (χ2n) is 5.77. The van der Waals surface area contributed by atoms with E-state index in [0.29, 0.717) is 25.2 Å². The summed E-state index contributed by atoms with van der Waals surface area (Å²) in [5, 5.41) is 13.7. The predicted octanol–water partition coefficient (Wildman–Crippen LogP) is 2.11. The second-order valence-corrected chi connectivity index (χ2v) is 5.77. The molecule has 1 aliphatic rings. The summed E-state index contributed by atoms with van der Waals surface area (Å²) < 4.78 is 1.67. The van der Waals surface area contributed by atoms with E-state index in [1.54, 1.807) is 10.7 Å². The van der Waals surface area contributed by atoms with Crippen LogP contribution >= 0.6 is 0 Å². The number of rotatable bonds is 4. The molecular formula is C15H23N3O3. The molecule has 1 N–H and O–H groups in total. The number of carboxylic acids is 1. The van der Waals surface area contributed by atoms with Crippen molar-refractivity contribution >= 4 is 11.9 Å². The van der Waals surface area contributed by atoms with Gasteiger partial charge < -0.3 is 10.0 Å². The summed E-state index contributed by atoms with van der Waals surface area (Å²) in [5.74, 6) is -0.904. The lowest BCUT2D eigenvalue weighted by Gasteiger charge is -2.32. The molecular weight excluding hydrogens is 270 g/mol. The summed E-state index contributed by atoms with van der Waals surface area (Å²) in [6, 6.07) is 1.08. The van der Waals surface area contributed by atoms with Gasteiger partial charge in [0.2, 0.25) is 0 Å². The van der Waals surface area contributed by atoms with Gasteiger partial charge in [-0.05, 0) is 38.2 Å². The van der Waals surface area contributed by atoms with Crippen LogP contribution in [0.3, 0.4) is 0 Å². The highest BCUT2D eigenvalue weighted by Crippen LogP contribution is 2.22. The van der Waals surface area contributed by atoms with Crippen LogP contribution in [-0.4, -0.2) is 44.3 Å². The Bertz CT molecular complexity index is 536. The molecule has 0 radical (unpaired) electrons. The molecule has 2 heterocycles. The van der Waals surface area contributed by atoms with Gasteiger partial charge in [0.05, 0.1) is 5.69 Å². The summed E-state index contributed by atoms with van der Waals surface area (Å²) in [4.78, 5) is 25.6. The highest BCUT2D eigenvalue weighted by atomic mass is 16.4. The van der Waals surface area contributed by atoms with Crippen LogP contribution in [0.5, 0.6) is 0 Å². The van der Waals surface area contributed by atoms with Gasteiger partial charge in [-0.3, -0.25) is 9.48 Å². The molecule has 1 aromatic heterocycles. The van der Waals surface area contributed by atoms with Crippen LogP contribution in [0, 0.1) is 0 Å². The molecule has 0 aliphatic carbocycles. The lowest BCUT2D eigenvalue weighted by Crippen LogP contribution is -2.48. The van der Waals surface area contributed by atoms with Crippen LogP contribution in [0.25, 0.3) is 0 Å². The van der Waals surface area contributed by atoms with Gasteiger partial charge in [-0.1, -0.05) is 13.8 Å². The fraction of sp³-hybridized carbons (Fsp3) is 0.667. The van der Waals surface area contributed by atoms with Crippen molar-refractivity contribution < 1.29 is 14.7 Å². The summed E-state index contributed by atoms with van der Waals surface area (Å²) in [6.45, 7) is 7.08. The van der Waals surface area contributed by atoms with Gasteiger partial charge in [-0.25, -0.2) is 4.79 Å². The van der Waals surface area contributed by atoms with Crippen LogP contribution in [0.1, 0.15) is 62.1 Å². The molecule has 0 saturated carbocycles. The van der Waals surface area contributed by atoms with Crippen molar-refractivity contribution in [2.24, 2.45) is 0 Å². The number of carboxylic acid groups (broad SMARTS) is 1. The van der Waals surface area contributed by atoms with E-state index in [2.05, 4.69) is 5.10 Å². The van der Waals surface area contributed by atoms with E-state index in [4.69, 9.17) is 0 Å². The lowest BCUT2D eigenvalue weighted by atomic mass is 10.0. The van der Waals surface area contributed by atoms with E-state index in [1.165, 1.54) is 4.90 Å². The number of hydrogen-bond donors (Lipinski definition) is 1. The maximum absolute atomic E-state index is 12.7. The molecule has 0 aromatic carbocycles. The minimum Gasteiger partial charge on any atom is -0.480 e. The van der Waals surface area contributed by atoms with Crippen LogP contribution in [0.4, 0.5) is 0 Å². The first-order chi connectivity index (χ1) is 9.95. The number of aryl methyl sites for hydroxylation is 1. The second kappa shape index (κ2) is 6.28. The molecule has 2 rings (SSSR count). The van der Waals surface area contributed by atoms with E-state index in [1.807, 2.05) is 20.8 Å². The van der Waals surface area contributed by atoms with Crippen molar-refractivity contribution in [3.05, 3.63) is 17.5 Å². The molecule has 1 aromatic rings. The Hall–Kier alpha value is -1.85. The van der Waals surface area contributed by atoms with E-state index in [9.17, 15) is 14.7 Å². The van der Waals surface area contributed by atoms with Crippen molar-refractivity contribution in [2.75, 3.05) is 6.54 Å². The largest absolute Gasteiger partial charge is 0.480 e. The highest BCUT2D eigenvalue weighted by molar-refractivity contribution is 5.95. The lowest BCUT2D eigenvalue weighted by molar-refractivity contribution is -0.143. The molecule has 1 aliphatic heterocycles. The van der Waals surface area contributed by atoms with Gasteiger partial charge in [-0.2, -0.15) is 5.10 Å². The fourth-order valence-corrected chi connectivity index (χ4v) is 2.71. The van der Waals surface area contributed by atoms with Crippen molar-refractivity contribution in [3.8, 4) is 0 Å². The van der Waals surface area contributed by atoms with Gasteiger partial charge in [-0.15, -0.1) is 0 Å². The number of piperidine rings is 1. The van der Waals surface area contributed by atoms with Crippen molar-refractivity contribution in [1.29, 1.82) is 0 Å². The smallest absolute Gasteiger partial charge is 0.326 e. The number of carbonyl (C=O) groups is 2.